The van der Waals surface area contributed by atoms with Crippen LogP contribution in [-0.2, 0) is 20.9 Å². The zero-order chi connectivity index (χ0) is 19.8. The van der Waals surface area contributed by atoms with Crippen molar-refractivity contribution in [1.82, 2.24) is 10.6 Å². The summed E-state index contributed by atoms with van der Waals surface area (Å²) in [6.07, 6.45) is 1.48. The van der Waals surface area contributed by atoms with Crippen LogP contribution in [0.15, 0.2) is 54.6 Å². The Morgan fingerprint density at radius 3 is 2.39 bits per heavy atom. The van der Waals surface area contributed by atoms with Gasteiger partial charge in [-0.15, -0.1) is 0 Å². The van der Waals surface area contributed by atoms with Crippen molar-refractivity contribution in [2.45, 2.75) is 19.4 Å². The maximum Gasteiger partial charge on any atom is 0.258 e. The zero-order valence-electron chi connectivity index (χ0n) is 15.5. The van der Waals surface area contributed by atoms with Gasteiger partial charge >= 0.3 is 0 Å². The van der Waals surface area contributed by atoms with E-state index in [1.54, 1.807) is 17.0 Å². The highest BCUT2D eigenvalue weighted by molar-refractivity contribution is 5.95. The number of nitrogens with zero attached hydrogens (tertiary/aromatic N) is 1. The maximum absolute atomic E-state index is 11.9. The molecule has 2 N–H and O–H groups in total. The number of ether oxygens (including phenoxy) is 1. The van der Waals surface area contributed by atoms with E-state index in [4.69, 9.17) is 4.74 Å². The molecule has 3 amide bonds. The number of rotatable bonds is 8. The second kappa shape index (κ2) is 9.55. The first kappa shape index (κ1) is 19.4. The average Bonchev–Trinajstić information content (AvgIpc) is 3.16. The van der Waals surface area contributed by atoms with Crippen molar-refractivity contribution in [3.05, 3.63) is 60.2 Å². The van der Waals surface area contributed by atoms with Gasteiger partial charge in [0.25, 0.3) is 5.91 Å². The molecular formula is C21H23N3O4. The molecule has 0 aromatic heterocycles. The fourth-order valence-corrected chi connectivity index (χ4v) is 2.87. The number of carbonyl (C=O) groups is 3. The van der Waals surface area contributed by atoms with E-state index in [2.05, 4.69) is 10.6 Å². The standard InChI is InChI=1S/C21H23N3O4/c25-19(14-23-20(26)15-28-18-5-2-1-3-6-18)22-13-16-8-10-17(11-9-16)24-12-4-7-21(24)27/h1-3,5-6,8-11H,4,7,12-15H2,(H,22,25)(H,23,26). The van der Waals surface area contributed by atoms with Crippen LogP contribution in [0.1, 0.15) is 18.4 Å². The molecule has 0 spiro atoms. The lowest BCUT2D eigenvalue weighted by atomic mass is 10.2. The van der Waals surface area contributed by atoms with Crippen LogP contribution in [0.4, 0.5) is 5.69 Å². The van der Waals surface area contributed by atoms with Gasteiger partial charge in [-0.3, -0.25) is 14.4 Å². The van der Waals surface area contributed by atoms with E-state index in [0.717, 1.165) is 24.2 Å². The summed E-state index contributed by atoms with van der Waals surface area (Å²) < 4.78 is 5.32. The molecule has 0 unspecified atom stereocenters. The first-order chi connectivity index (χ1) is 13.6. The summed E-state index contributed by atoms with van der Waals surface area (Å²) >= 11 is 0. The van der Waals surface area contributed by atoms with Crippen LogP contribution in [0, 0.1) is 0 Å². The predicted octanol–water partition coefficient (Wildman–Crippen LogP) is 1.62. The highest BCUT2D eigenvalue weighted by Gasteiger charge is 2.21. The minimum absolute atomic E-state index is 0.114. The van der Waals surface area contributed by atoms with Crippen LogP contribution >= 0.6 is 0 Å². The van der Waals surface area contributed by atoms with Gasteiger partial charge in [-0.05, 0) is 36.2 Å². The molecule has 146 valence electrons. The van der Waals surface area contributed by atoms with Crippen LogP contribution in [0.5, 0.6) is 5.75 Å². The van der Waals surface area contributed by atoms with Gasteiger partial charge in [-0.1, -0.05) is 30.3 Å². The molecule has 0 bridgehead atoms. The minimum atomic E-state index is -0.362. The van der Waals surface area contributed by atoms with Crippen molar-refractivity contribution in [1.29, 1.82) is 0 Å². The summed E-state index contributed by atoms with van der Waals surface area (Å²) in [7, 11) is 0. The molecule has 7 heteroatoms. The summed E-state index contributed by atoms with van der Waals surface area (Å²) in [6.45, 7) is 0.845. The van der Waals surface area contributed by atoms with Gasteiger partial charge in [0.05, 0.1) is 6.54 Å². The van der Waals surface area contributed by atoms with Gasteiger partial charge in [0.1, 0.15) is 5.75 Å². The van der Waals surface area contributed by atoms with Crippen molar-refractivity contribution < 1.29 is 19.1 Å². The summed E-state index contributed by atoms with van der Waals surface area (Å²) in [6, 6.07) is 16.5. The quantitative estimate of drug-likeness (QED) is 0.727. The van der Waals surface area contributed by atoms with E-state index in [0.29, 0.717) is 18.7 Å². The molecule has 1 aliphatic rings. The Balaban J connectivity index is 1.36. The Labute approximate surface area is 163 Å². The number of nitrogens with one attached hydrogen (secondary N) is 2. The van der Waals surface area contributed by atoms with Crippen LogP contribution in [0.3, 0.4) is 0 Å². The summed E-state index contributed by atoms with van der Waals surface area (Å²) in [5.41, 5.74) is 1.80. The molecule has 2 aromatic carbocycles. The molecular weight excluding hydrogens is 358 g/mol. The van der Waals surface area contributed by atoms with Crippen LogP contribution in [0.25, 0.3) is 0 Å². The van der Waals surface area contributed by atoms with Crippen molar-refractivity contribution in [3.8, 4) is 5.75 Å². The number of benzene rings is 2. The van der Waals surface area contributed by atoms with Crippen LogP contribution < -0.4 is 20.3 Å². The predicted molar refractivity (Wildman–Crippen MR) is 105 cm³/mol. The molecule has 0 saturated carbocycles. The fourth-order valence-electron chi connectivity index (χ4n) is 2.87. The van der Waals surface area contributed by atoms with Crippen molar-refractivity contribution in [3.63, 3.8) is 0 Å². The lowest BCUT2D eigenvalue weighted by Crippen LogP contribution is -2.38. The van der Waals surface area contributed by atoms with E-state index in [1.807, 2.05) is 42.5 Å². The van der Waals surface area contributed by atoms with Gasteiger partial charge in [-0.2, -0.15) is 0 Å². The highest BCUT2D eigenvalue weighted by atomic mass is 16.5. The number of carbonyl (C=O) groups excluding carboxylic acids is 3. The number of hydrogen-bond acceptors (Lipinski definition) is 4. The number of para-hydroxylation sites is 1. The Morgan fingerprint density at radius 2 is 1.71 bits per heavy atom. The molecule has 0 atom stereocenters. The van der Waals surface area contributed by atoms with Gasteiger partial charge in [0.2, 0.25) is 11.8 Å². The summed E-state index contributed by atoms with van der Waals surface area (Å²) in [5, 5.41) is 5.27. The summed E-state index contributed by atoms with van der Waals surface area (Å²) in [5.74, 6) is 0.0970. The number of hydrogen-bond donors (Lipinski definition) is 2. The molecule has 1 saturated heterocycles. The average molecular weight is 381 g/mol. The molecule has 0 radical (unpaired) electrons. The van der Waals surface area contributed by atoms with Gasteiger partial charge in [0.15, 0.2) is 6.61 Å². The monoisotopic (exact) mass is 381 g/mol. The van der Waals surface area contributed by atoms with Crippen LogP contribution in [0.2, 0.25) is 0 Å². The molecule has 2 aromatic rings. The Bertz CT molecular complexity index is 821. The van der Waals surface area contributed by atoms with Crippen molar-refractivity contribution in [2.75, 3.05) is 24.6 Å². The molecule has 1 heterocycles. The summed E-state index contributed by atoms with van der Waals surface area (Å²) in [4.78, 5) is 37.2. The molecule has 7 nitrogen and oxygen atoms in total. The third kappa shape index (κ3) is 5.57. The third-order valence-corrected chi connectivity index (χ3v) is 4.37. The smallest absolute Gasteiger partial charge is 0.258 e. The fraction of sp³-hybridized carbons (Fsp3) is 0.286. The topological polar surface area (TPSA) is 87.7 Å². The minimum Gasteiger partial charge on any atom is -0.484 e. The van der Waals surface area contributed by atoms with Gasteiger partial charge < -0.3 is 20.3 Å². The maximum atomic E-state index is 11.9. The first-order valence-electron chi connectivity index (χ1n) is 9.22. The number of anilines is 1. The molecule has 1 aliphatic heterocycles. The molecule has 0 aliphatic carbocycles. The lowest BCUT2D eigenvalue weighted by Gasteiger charge is -2.16. The second-order valence-electron chi connectivity index (χ2n) is 6.47. The molecule has 1 fully saturated rings. The highest BCUT2D eigenvalue weighted by Crippen LogP contribution is 2.21. The van der Waals surface area contributed by atoms with E-state index in [9.17, 15) is 14.4 Å². The molecule has 28 heavy (non-hydrogen) atoms. The third-order valence-electron chi connectivity index (χ3n) is 4.37. The Kier molecular flexibility index (Phi) is 6.62. The largest absolute Gasteiger partial charge is 0.484 e. The Morgan fingerprint density at radius 1 is 0.964 bits per heavy atom. The van der Waals surface area contributed by atoms with Gasteiger partial charge in [0, 0.05) is 25.2 Å². The number of amides is 3. The van der Waals surface area contributed by atoms with Gasteiger partial charge in [-0.25, -0.2) is 0 Å². The SMILES string of the molecule is O=C(CNC(=O)COc1ccccc1)NCc1ccc(N2CCCC2=O)cc1. The van der Waals surface area contributed by atoms with Crippen molar-refractivity contribution in [2.24, 2.45) is 0 Å². The molecule has 3 rings (SSSR count). The zero-order valence-corrected chi connectivity index (χ0v) is 15.5. The first-order valence-corrected chi connectivity index (χ1v) is 9.22. The van der Waals surface area contributed by atoms with Crippen molar-refractivity contribution >= 4 is 23.4 Å². The van der Waals surface area contributed by atoms with E-state index in [-0.39, 0.29) is 30.9 Å². The van der Waals surface area contributed by atoms with E-state index < -0.39 is 0 Å². The lowest BCUT2D eigenvalue weighted by molar-refractivity contribution is -0.127. The normalized spacial score (nSPS) is 13.3. The van der Waals surface area contributed by atoms with E-state index >= 15 is 0 Å². The Hall–Kier alpha value is -3.35. The van der Waals surface area contributed by atoms with E-state index in [1.165, 1.54) is 0 Å². The van der Waals surface area contributed by atoms with Crippen LogP contribution in [-0.4, -0.2) is 37.4 Å². The second-order valence-corrected chi connectivity index (χ2v) is 6.47.